The Morgan fingerprint density at radius 1 is 0.912 bits per heavy atom. The molecule has 0 aliphatic heterocycles. The van der Waals surface area contributed by atoms with E-state index >= 15 is 0 Å². The Kier molecular flexibility index (Phi) is 7.28. The third-order valence-electron chi connectivity index (χ3n) is 5.92. The first-order chi connectivity index (χ1) is 16.5. The highest BCUT2D eigenvalue weighted by Crippen LogP contribution is 2.24. The molecule has 4 rings (SSSR count). The Morgan fingerprint density at radius 3 is 2.44 bits per heavy atom. The molecule has 0 amide bonds. The van der Waals surface area contributed by atoms with Crippen molar-refractivity contribution in [3.8, 4) is 22.9 Å². The van der Waals surface area contributed by atoms with Crippen molar-refractivity contribution in [1.29, 1.82) is 0 Å². The van der Waals surface area contributed by atoms with Gasteiger partial charge in [-0.2, -0.15) is 0 Å². The summed E-state index contributed by atoms with van der Waals surface area (Å²) in [7, 11) is 1.63. The third-order valence-corrected chi connectivity index (χ3v) is 5.92. The van der Waals surface area contributed by atoms with Crippen LogP contribution in [0.4, 0.5) is 0 Å². The van der Waals surface area contributed by atoms with Crippen LogP contribution in [0.25, 0.3) is 22.3 Å². The second-order valence-corrected chi connectivity index (χ2v) is 8.30. The first-order valence-electron chi connectivity index (χ1n) is 11.4. The van der Waals surface area contributed by atoms with E-state index < -0.39 is 0 Å². The number of rotatable bonds is 9. The van der Waals surface area contributed by atoms with Gasteiger partial charge in [-0.3, -0.25) is 9.36 Å². The van der Waals surface area contributed by atoms with Crippen molar-refractivity contribution < 1.29 is 14.2 Å². The number of hydrogen-bond acceptors (Lipinski definition) is 5. The van der Waals surface area contributed by atoms with Gasteiger partial charge in [0.25, 0.3) is 5.56 Å². The van der Waals surface area contributed by atoms with Crippen LogP contribution in [-0.4, -0.2) is 36.5 Å². The second-order valence-electron chi connectivity index (χ2n) is 8.30. The van der Waals surface area contributed by atoms with Crippen molar-refractivity contribution in [1.82, 2.24) is 9.55 Å². The molecule has 0 atom stereocenters. The molecule has 1 aromatic heterocycles. The molecule has 0 bridgehead atoms. The molecule has 6 nitrogen and oxygen atoms in total. The highest BCUT2D eigenvalue weighted by Gasteiger charge is 2.13. The van der Waals surface area contributed by atoms with Crippen LogP contribution < -0.4 is 15.0 Å². The van der Waals surface area contributed by atoms with E-state index in [-0.39, 0.29) is 5.56 Å². The van der Waals surface area contributed by atoms with E-state index in [0.717, 1.165) is 22.6 Å². The van der Waals surface area contributed by atoms with Gasteiger partial charge in [-0.1, -0.05) is 18.2 Å². The Bertz CT molecular complexity index is 1340. The van der Waals surface area contributed by atoms with Gasteiger partial charge in [0, 0.05) is 5.56 Å². The summed E-state index contributed by atoms with van der Waals surface area (Å²) in [5.41, 5.74) is 4.97. The molecule has 4 aromatic rings. The number of ether oxygens (including phenoxy) is 3. The van der Waals surface area contributed by atoms with E-state index in [4.69, 9.17) is 19.2 Å². The van der Waals surface area contributed by atoms with Gasteiger partial charge in [0.2, 0.25) is 0 Å². The lowest BCUT2D eigenvalue weighted by molar-refractivity contribution is 0.0938. The molecule has 0 saturated carbocycles. The van der Waals surface area contributed by atoms with Crippen LogP contribution in [0.15, 0.2) is 65.5 Å². The average Bonchev–Trinajstić information content (AvgIpc) is 2.85. The lowest BCUT2D eigenvalue weighted by Crippen LogP contribution is -2.26. The van der Waals surface area contributed by atoms with Gasteiger partial charge in [0.1, 0.15) is 23.9 Å². The largest absolute Gasteiger partial charge is 0.497 e. The quantitative estimate of drug-likeness (QED) is 0.327. The molecule has 176 valence electrons. The fourth-order valence-electron chi connectivity index (χ4n) is 3.96. The molecule has 0 aliphatic carbocycles. The normalized spacial score (nSPS) is 11.1. The van der Waals surface area contributed by atoms with Crippen molar-refractivity contribution in [3.05, 3.63) is 87.7 Å². The maximum atomic E-state index is 13.3. The molecule has 0 unspecified atom stereocenters. The maximum Gasteiger partial charge on any atom is 0.261 e. The van der Waals surface area contributed by atoms with Gasteiger partial charge < -0.3 is 14.2 Å². The molecular weight excluding hydrogens is 428 g/mol. The summed E-state index contributed by atoms with van der Waals surface area (Å²) in [6.07, 6.45) is 0. The number of aromatic nitrogens is 2. The zero-order valence-electron chi connectivity index (χ0n) is 20.1. The fraction of sp³-hybridized carbons (Fsp3) is 0.286. The van der Waals surface area contributed by atoms with Gasteiger partial charge >= 0.3 is 0 Å². The van der Waals surface area contributed by atoms with Crippen LogP contribution in [-0.2, 0) is 11.3 Å². The molecule has 0 saturated heterocycles. The Labute approximate surface area is 199 Å². The van der Waals surface area contributed by atoms with E-state index in [0.29, 0.717) is 43.1 Å². The number of para-hydroxylation sites is 1. The Morgan fingerprint density at radius 2 is 1.68 bits per heavy atom. The predicted molar refractivity (Wildman–Crippen MR) is 135 cm³/mol. The number of aryl methyl sites for hydroxylation is 2. The van der Waals surface area contributed by atoms with Crippen molar-refractivity contribution in [2.75, 3.05) is 26.9 Å². The van der Waals surface area contributed by atoms with Crippen molar-refractivity contribution in [2.24, 2.45) is 0 Å². The number of methoxy groups -OCH3 is 1. The molecule has 34 heavy (non-hydrogen) atoms. The fourth-order valence-corrected chi connectivity index (χ4v) is 3.96. The molecule has 0 aliphatic rings. The summed E-state index contributed by atoms with van der Waals surface area (Å²) in [5.74, 6) is 2.25. The van der Waals surface area contributed by atoms with Crippen LogP contribution >= 0.6 is 0 Å². The van der Waals surface area contributed by atoms with E-state index in [1.807, 2.05) is 48.5 Å². The molecular formula is C28H30N2O4. The van der Waals surface area contributed by atoms with Crippen molar-refractivity contribution >= 4 is 10.9 Å². The Hall–Kier alpha value is -3.64. The number of benzene rings is 3. The summed E-state index contributed by atoms with van der Waals surface area (Å²) < 4.78 is 18.7. The summed E-state index contributed by atoms with van der Waals surface area (Å²) in [5, 5.41) is 0.591. The minimum absolute atomic E-state index is 0.0814. The van der Waals surface area contributed by atoms with Crippen LogP contribution in [0, 0.1) is 20.8 Å². The highest BCUT2D eigenvalue weighted by molar-refractivity contribution is 5.79. The van der Waals surface area contributed by atoms with Crippen LogP contribution in [0.3, 0.4) is 0 Å². The zero-order chi connectivity index (χ0) is 24.1. The molecule has 3 aromatic carbocycles. The van der Waals surface area contributed by atoms with Gasteiger partial charge in [0.05, 0.1) is 37.8 Å². The number of nitrogens with zero attached hydrogens (tertiary/aromatic N) is 2. The van der Waals surface area contributed by atoms with Crippen LogP contribution in [0.2, 0.25) is 0 Å². The van der Waals surface area contributed by atoms with E-state index in [9.17, 15) is 4.79 Å². The SMILES string of the molecule is COc1ccc(-c2nc3ccccc3c(=O)n2CCOCCOc2cc(C)cc(C)c2C)cc1. The lowest BCUT2D eigenvalue weighted by Gasteiger charge is -2.15. The summed E-state index contributed by atoms with van der Waals surface area (Å²) in [6, 6.07) is 19.1. The molecule has 6 heteroatoms. The average molecular weight is 459 g/mol. The maximum absolute atomic E-state index is 13.3. The van der Waals surface area contributed by atoms with Gasteiger partial charge in [-0.05, 0) is 79.9 Å². The standard InChI is InChI=1S/C28H30N2O4/c1-19-17-20(2)21(3)26(18-19)34-16-15-33-14-13-30-27(22-9-11-23(32-4)12-10-22)29-25-8-6-5-7-24(25)28(30)31/h5-12,17-18H,13-16H2,1-4H3. The van der Waals surface area contributed by atoms with Crippen LogP contribution in [0.5, 0.6) is 11.5 Å². The monoisotopic (exact) mass is 458 g/mol. The third kappa shape index (κ3) is 5.13. The number of hydrogen-bond donors (Lipinski definition) is 0. The van der Waals surface area contributed by atoms with E-state index in [1.165, 1.54) is 11.1 Å². The molecule has 0 fully saturated rings. The summed E-state index contributed by atoms with van der Waals surface area (Å²) in [6.45, 7) is 7.84. The second kappa shape index (κ2) is 10.5. The molecule has 1 heterocycles. The number of fused-ring (bicyclic) bond motifs is 1. The van der Waals surface area contributed by atoms with Crippen molar-refractivity contribution in [2.45, 2.75) is 27.3 Å². The lowest BCUT2D eigenvalue weighted by atomic mass is 10.1. The van der Waals surface area contributed by atoms with Crippen molar-refractivity contribution in [3.63, 3.8) is 0 Å². The highest BCUT2D eigenvalue weighted by atomic mass is 16.5. The van der Waals surface area contributed by atoms with Gasteiger partial charge in [-0.15, -0.1) is 0 Å². The Balaban J connectivity index is 1.47. The smallest absolute Gasteiger partial charge is 0.261 e. The first kappa shape index (κ1) is 23.5. The summed E-state index contributed by atoms with van der Waals surface area (Å²) in [4.78, 5) is 18.1. The van der Waals surface area contributed by atoms with Crippen LogP contribution in [0.1, 0.15) is 16.7 Å². The predicted octanol–water partition coefficient (Wildman–Crippen LogP) is 5.09. The zero-order valence-corrected chi connectivity index (χ0v) is 20.1. The molecule has 0 spiro atoms. The van der Waals surface area contributed by atoms with Gasteiger partial charge in [-0.25, -0.2) is 4.98 Å². The molecule has 0 radical (unpaired) electrons. The summed E-state index contributed by atoms with van der Waals surface area (Å²) >= 11 is 0. The minimum Gasteiger partial charge on any atom is -0.497 e. The topological polar surface area (TPSA) is 62.6 Å². The minimum atomic E-state index is -0.0814. The van der Waals surface area contributed by atoms with E-state index in [2.05, 4.69) is 26.8 Å². The van der Waals surface area contributed by atoms with E-state index in [1.54, 1.807) is 17.7 Å². The van der Waals surface area contributed by atoms with Gasteiger partial charge in [0.15, 0.2) is 0 Å². The first-order valence-corrected chi connectivity index (χ1v) is 11.4. The molecule has 0 N–H and O–H groups in total.